The van der Waals surface area contributed by atoms with E-state index < -0.39 is 5.72 Å². The van der Waals surface area contributed by atoms with Crippen LogP contribution in [0.5, 0.6) is 0 Å². The molecule has 1 atom stereocenters. The standard InChI is InChI=1S/C19H20FN3O2/c1-19(12-17(24)21-13-15-10-6-7-11-16(15)20)22-18(23(2)25-19)14-8-4-3-5-9-14/h3-11H,12-13H2,1-2H3,(H,21,24). The molecule has 1 aliphatic heterocycles. The Morgan fingerprint density at radius 1 is 1.20 bits per heavy atom. The summed E-state index contributed by atoms with van der Waals surface area (Å²) in [5, 5.41) is 4.28. The molecule has 1 N–H and O–H groups in total. The van der Waals surface area contributed by atoms with Crippen molar-refractivity contribution >= 4 is 11.7 Å². The SMILES string of the molecule is CN1OC(C)(CC(=O)NCc2ccccc2F)N=C1c1ccccc1. The third-order valence-electron chi connectivity index (χ3n) is 3.93. The number of rotatable bonds is 5. The Labute approximate surface area is 146 Å². The summed E-state index contributed by atoms with van der Waals surface area (Å²) in [4.78, 5) is 22.6. The van der Waals surface area contributed by atoms with Crippen LogP contribution in [0.2, 0.25) is 0 Å². The molecule has 1 amide bonds. The van der Waals surface area contributed by atoms with Crippen molar-refractivity contribution in [3.05, 3.63) is 71.5 Å². The number of hydroxylamine groups is 2. The Morgan fingerprint density at radius 2 is 1.88 bits per heavy atom. The number of carbonyl (C=O) groups excluding carboxylic acids is 1. The molecule has 1 aliphatic rings. The Balaban J connectivity index is 1.65. The molecule has 0 aliphatic carbocycles. The summed E-state index contributed by atoms with van der Waals surface area (Å²) in [6.07, 6.45) is 0.0438. The molecule has 0 radical (unpaired) electrons. The van der Waals surface area contributed by atoms with Crippen LogP contribution < -0.4 is 5.32 Å². The first kappa shape index (κ1) is 17.1. The van der Waals surface area contributed by atoms with Gasteiger partial charge < -0.3 is 5.32 Å². The molecule has 6 heteroatoms. The highest BCUT2D eigenvalue weighted by atomic mass is 19.1. The number of nitrogens with one attached hydrogen (secondary N) is 1. The van der Waals surface area contributed by atoms with Gasteiger partial charge in [-0.15, -0.1) is 0 Å². The number of amides is 1. The van der Waals surface area contributed by atoms with Gasteiger partial charge in [0, 0.05) is 24.7 Å². The fourth-order valence-corrected chi connectivity index (χ4v) is 2.75. The lowest BCUT2D eigenvalue weighted by molar-refractivity contribution is -0.166. The average Bonchev–Trinajstić information content (AvgIpc) is 2.89. The second-order valence-corrected chi connectivity index (χ2v) is 6.11. The number of nitrogens with zero attached hydrogens (tertiary/aromatic N) is 2. The minimum Gasteiger partial charge on any atom is -0.352 e. The molecule has 2 aromatic rings. The van der Waals surface area contributed by atoms with Crippen molar-refractivity contribution in [2.45, 2.75) is 25.6 Å². The van der Waals surface area contributed by atoms with Crippen LogP contribution in [-0.2, 0) is 16.2 Å². The highest BCUT2D eigenvalue weighted by Gasteiger charge is 2.37. The van der Waals surface area contributed by atoms with Crippen LogP contribution in [0, 0.1) is 5.82 Å². The van der Waals surface area contributed by atoms with E-state index in [1.54, 1.807) is 37.2 Å². The van der Waals surface area contributed by atoms with Crippen LogP contribution in [-0.4, -0.2) is 29.6 Å². The quantitative estimate of drug-likeness (QED) is 0.910. The number of carbonyl (C=O) groups is 1. The predicted octanol–water partition coefficient (Wildman–Crippen LogP) is 2.87. The lowest BCUT2D eigenvalue weighted by Gasteiger charge is -2.21. The van der Waals surface area contributed by atoms with Gasteiger partial charge in [-0.3, -0.25) is 4.79 Å². The summed E-state index contributed by atoms with van der Waals surface area (Å²) >= 11 is 0. The highest BCUT2D eigenvalue weighted by molar-refractivity contribution is 5.99. The van der Waals surface area contributed by atoms with Gasteiger partial charge in [0.2, 0.25) is 5.91 Å². The van der Waals surface area contributed by atoms with Crippen LogP contribution in [0.3, 0.4) is 0 Å². The van der Waals surface area contributed by atoms with Crippen molar-refractivity contribution in [3.63, 3.8) is 0 Å². The van der Waals surface area contributed by atoms with Crippen molar-refractivity contribution in [2.24, 2.45) is 4.99 Å². The minimum absolute atomic E-state index is 0.0438. The zero-order valence-corrected chi connectivity index (χ0v) is 14.2. The summed E-state index contributed by atoms with van der Waals surface area (Å²) in [6, 6.07) is 16.0. The minimum atomic E-state index is -0.987. The molecule has 0 aromatic heterocycles. The second-order valence-electron chi connectivity index (χ2n) is 6.11. The van der Waals surface area contributed by atoms with Gasteiger partial charge in [-0.05, 0) is 13.0 Å². The third-order valence-corrected chi connectivity index (χ3v) is 3.93. The van der Waals surface area contributed by atoms with Gasteiger partial charge in [-0.1, -0.05) is 48.5 Å². The number of benzene rings is 2. The van der Waals surface area contributed by atoms with Crippen LogP contribution >= 0.6 is 0 Å². The predicted molar refractivity (Wildman–Crippen MR) is 93.1 cm³/mol. The van der Waals surface area contributed by atoms with E-state index in [4.69, 9.17) is 4.84 Å². The Bertz CT molecular complexity index is 794. The van der Waals surface area contributed by atoms with Crippen molar-refractivity contribution < 1.29 is 14.0 Å². The zero-order chi connectivity index (χ0) is 17.9. The van der Waals surface area contributed by atoms with Gasteiger partial charge in [0.1, 0.15) is 5.82 Å². The number of hydrogen-bond acceptors (Lipinski definition) is 4. The van der Waals surface area contributed by atoms with Crippen molar-refractivity contribution in [2.75, 3.05) is 7.05 Å². The normalized spacial score (nSPS) is 19.6. The fraction of sp³-hybridized carbons (Fsp3) is 0.263. The van der Waals surface area contributed by atoms with E-state index in [1.807, 2.05) is 30.3 Å². The maximum Gasteiger partial charge on any atom is 0.225 e. The van der Waals surface area contributed by atoms with E-state index in [9.17, 15) is 9.18 Å². The number of halogens is 1. The van der Waals surface area contributed by atoms with Crippen LogP contribution in [0.1, 0.15) is 24.5 Å². The second kappa shape index (κ2) is 7.03. The molecule has 2 aromatic carbocycles. The Kier molecular flexibility index (Phi) is 4.81. The summed E-state index contributed by atoms with van der Waals surface area (Å²) in [5.41, 5.74) is 0.374. The van der Waals surface area contributed by atoms with E-state index in [1.165, 1.54) is 6.07 Å². The zero-order valence-electron chi connectivity index (χ0n) is 14.2. The number of hydrogen-bond donors (Lipinski definition) is 1. The largest absolute Gasteiger partial charge is 0.352 e. The monoisotopic (exact) mass is 341 g/mol. The molecule has 0 saturated carbocycles. The average molecular weight is 341 g/mol. The van der Waals surface area contributed by atoms with E-state index in [0.717, 1.165) is 5.56 Å². The van der Waals surface area contributed by atoms with Gasteiger partial charge in [-0.2, -0.15) is 0 Å². The molecular weight excluding hydrogens is 321 g/mol. The van der Waals surface area contributed by atoms with Gasteiger partial charge in [-0.25, -0.2) is 19.3 Å². The van der Waals surface area contributed by atoms with Crippen molar-refractivity contribution in [1.82, 2.24) is 10.4 Å². The molecule has 130 valence electrons. The molecule has 1 unspecified atom stereocenters. The lowest BCUT2D eigenvalue weighted by Crippen LogP contribution is -2.35. The van der Waals surface area contributed by atoms with Gasteiger partial charge >= 0.3 is 0 Å². The molecule has 5 nitrogen and oxygen atoms in total. The fourth-order valence-electron chi connectivity index (χ4n) is 2.75. The third kappa shape index (κ3) is 4.03. The van der Waals surface area contributed by atoms with E-state index in [-0.39, 0.29) is 24.7 Å². The molecule has 0 fully saturated rings. The molecule has 0 spiro atoms. The van der Waals surface area contributed by atoms with E-state index in [2.05, 4.69) is 10.3 Å². The molecule has 0 bridgehead atoms. The van der Waals surface area contributed by atoms with Crippen molar-refractivity contribution in [3.8, 4) is 0 Å². The highest BCUT2D eigenvalue weighted by Crippen LogP contribution is 2.27. The first-order valence-electron chi connectivity index (χ1n) is 8.05. The summed E-state index contributed by atoms with van der Waals surface area (Å²) in [6.45, 7) is 1.88. The Hall–Kier alpha value is -2.73. The molecule has 1 heterocycles. The molecular formula is C19H20FN3O2. The van der Waals surface area contributed by atoms with Crippen LogP contribution in [0.4, 0.5) is 4.39 Å². The first-order valence-corrected chi connectivity index (χ1v) is 8.05. The van der Waals surface area contributed by atoms with Crippen molar-refractivity contribution in [1.29, 1.82) is 0 Å². The van der Waals surface area contributed by atoms with E-state index in [0.29, 0.717) is 11.4 Å². The Morgan fingerprint density at radius 3 is 2.60 bits per heavy atom. The van der Waals surface area contributed by atoms with Gasteiger partial charge in [0.25, 0.3) is 0 Å². The topological polar surface area (TPSA) is 53.9 Å². The molecule has 3 rings (SSSR count). The van der Waals surface area contributed by atoms with Crippen LogP contribution in [0.15, 0.2) is 59.6 Å². The van der Waals surface area contributed by atoms with Gasteiger partial charge in [0.05, 0.1) is 6.42 Å². The maximum atomic E-state index is 13.6. The number of aliphatic imine (C=N–C) groups is 1. The van der Waals surface area contributed by atoms with E-state index >= 15 is 0 Å². The maximum absolute atomic E-state index is 13.6. The summed E-state index contributed by atoms with van der Waals surface area (Å²) < 4.78 is 13.6. The van der Waals surface area contributed by atoms with Crippen LogP contribution in [0.25, 0.3) is 0 Å². The molecule has 0 saturated heterocycles. The molecule has 25 heavy (non-hydrogen) atoms. The lowest BCUT2D eigenvalue weighted by atomic mass is 10.1. The summed E-state index contributed by atoms with van der Waals surface area (Å²) in [5.74, 6) is 0.0810. The number of amidine groups is 1. The van der Waals surface area contributed by atoms with Gasteiger partial charge in [0.15, 0.2) is 11.6 Å². The first-order chi connectivity index (χ1) is 12.0. The summed E-state index contributed by atoms with van der Waals surface area (Å²) in [7, 11) is 1.76. The smallest absolute Gasteiger partial charge is 0.225 e.